The van der Waals surface area contributed by atoms with Crippen molar-refractivity contribution >= 4 is 11.7 Å². The Labute approximate surface area is 123 Å². The van der Waals surface area contributed by atoms with Gasteiger partial charge in [-0.2, -0.15) is 0 Å². The Kier molecular flexibility index (Phi) is 4.87. The van der Waals surface area contributed by atoms with Crippen LogP contribution in [0.4, 0.5) is 10.5 Å². The maximum atomic E-state index is 11.9. The van der Waals surface area contributed by atoms with Crippen molar-refractivity contribution in [3.8, 4) is 11.5 Å². The van der Waals surface area contributed by atoms with Gasteiger partial charge >= 0.3 is 6.03 Å². The number of carbonyl (C=O) groups excluding carboxylic acids is 1. The van der Waals surface area contributed by atoms with Crippen LogP contribution in [0.5, 0.6) is 11.5 Å². The zero-order chi connectivity index (χ0) is 15.3. The molecule has 0 saturated carbocycles. The zero-order valence-corrected chi connectivity index (χ0v) is 12.2. The second-order valence-electron chi connectivity index (χ2n) is 5.03. The molecule has 0 aliphatic carbocycles. The largest absolute Gasteiger partial charge is 0.497 e. The summed E-state index contributed by atoms with van der Waals surface area (Å²) in [6.45, 7) is 1.44. The summed E-state index contributed by atoms with van der Waals surface area (Å²) in [5, 5.41) is 18.5. The Morgan fingerprint density at radius 3 is 2.86 bits per heavy atom. The molecule has 2 amide bonds. The first-order valence-electron chi connectivity index (χ1n) is 6.76. The molecule has 1 atom stereocenters. The van der Waals surface area contributed by atoms with E-state index in [1.165, 1.54) is 7.11 Å². The number of nitrogens with one attached hydrogen (secondary N) is 3. The molecule has 7 nitrogen and oxygen atoms in total. The first kappa shape index (κ1) is 15.4. The topological polar surface area (TPSA) is 91.9 Å². The Balaban J connectivity index is 1.93. The van der Waals surface area contributed by atoms with E-state index < -0.39 is 11.6 Å². The monoisotopic (exact) mass is 295 g/mol. The van der Waals surface area contributed by atoms with Crippen molar-refractivity contribution in [3.63, 3.8) is 0 Å². The quantitative estimate of drug-likeness (QED) is 0.637. The minimum atomic E-state index is -0.874. The van der Waals surface area contributed by atoms with Crippen LogP contribution in [-0.4, -0.2) is 50.6 Å². The minimum absolute atomic E-state index is 0.199. The van der Waals surface area contributed by atoms with Crippen LogP contribution in [0.3, 0.4) is 0 Å². The fourth-order valence-electron chi connectivity index (χ4n) is 2.19. The third-order valence-electron chi connectivity index (χ3n) is 3.46. The van der Waals surface area contributed by atoms with E-state index in [4.69, 9.17) is 9.47 Å². The van der Waals surface area contributed by atoms with Crippen molar-refractivity contribution in [2.45, 2.75) is 12.0 Å². The molecule has 1 fully saturated rings. The summed E-state index contributed by atoms with van der Waals surface area (Å²) in [6.07, 6.45) is 0.624. The van der Waals surface area contributed by atoms with Crippen molar-refractivity contribution < 1.29 is 19.4 Å². The van der Waals surface area contributed by atoms with Gasteiger partial charge in [0.05, 0.1) is 25.5 Å². The number of β-amino-alcohol motifs (C(OH)–C–C–N with tert-alkyl or cyclic N) is 1. The number of ether oxygens (including phenoxy) is 2. The molecule has 1 aromatic rings. The van der Waals surface area contributed by atoms with Gasteiger partial charge in [-0.05, 0) is 25.1 Å². The summed E-state index contributed by atoms with van der Waals surface area (Å²) in [4.78, 5) is 11.9. The molecule has 1 aliphatic heterocycles. The zero-order valence-electron chi connectivity index (χ0n) is 12.2. The van der Waals surface area contributed by atoms with Crippen LogP contribution in [0.15, 0.2) is 18.2 Å². The summed E-state index contributed by atoms with van der Waals surface area (Å²) in [6, 6.07) is 4.72. The molecule has 2 rings (SSSR count). The number of methoxy groups -OCH3 is 2. The van der Waals surface area contributed by atoms with Crippen molar-refractivity contribution in [1.82, 2.24) is 10.6 Å². The van der Waals surface area contributed by atoms with Crippen molar-refractivity contribution in [2.24, 2.45) is 0 Å². The average molecular weight is 295 g/mol. The smallest absolute Gasteiger partial charge is 0.319 e. The van der Waals surface area contributed by atoms with Crippen LogP contribution < -0.4 is 25.4 Å². The maximum absolute atomic E-state index is 11.9. The summed E-state index contributed by atoms with van der Waals surface area (Å²) in [7, 11) is 3.08. The number of aliphatic hydroxyl groups is 1. The van der Waals surface area contributed by atoms with Crippen LogP contribution in [0.1, 0.15) is 6.42 Å². The highest BCUT2D eigenvalue weighted by atomic mass is 16.5. The van der Waals surface area contributed by atoms with E-state index in [-0.39, 0.29) is 6.54 Å². The molecular weight excluding hydrogens is 274 g/mol. The summed E-state index contributed by atoms with van der Waals surface area (Å²) in [5.41, 5.74) is -0.339. The van der Waals surface area contributed by atoms with Crippen LogP contribution in [0.2, 0.25) is 0 Å². The van der Waals surface area contributed by atoms with E-state index in [0.717, 1.165) is 6.54 Å². The number of carbonyl (C=O) groups is 1. The van der Waals surface area contributed by atoms with E-state index in [2.05, 4.69) is 16.0 Å². The number of benzene rings is 1. The van der Waals surface area contributed by atoms with E-state index in [9.17, 15) is 9.90 Å². The predicted octanol–water partition coefficient (Wildman–Crippen LogP) is 0.550. The number of hydrogen-bond donors (Lipinski definition) is 4. The lowest BCUT2D eigenvalue weighted by Crippen LogP contribution is -2.45. The highest BCUT2D eigenvalue weighted by Crippen LogP contribution is 2.28. The van der Waals surface area contributed by atoms with Gasteiger partial charge in [0.15, 0.2) is 0 Å². The van der Waals surface area contributed by atoms with Crippen LogP contribution in [0.25, 0.3) is 0 Å². The van der Waals surface area contributed by atoms with Gasteiger partial charge in [0.2, 0.25) is 0 Å². The first-order chi connectivity index (χ1) is 10.1. The molecule has 1 saturated heterocycles. The Hall–Kier alpha value is -1.99. The van der Waals surface area contributed by atoms with Gasteiger partial charge in [-0.3, -0.25) is 0 Å². The molecule has 21 heavy (non-hydrogen) atoms. The third-order valence-corrected chi connectivity index (χ3v) is 3.46. The SMILES string of the molecule is COc1ccc(NC(=O)NC[C@]2(O)CCNC2)c(OC)c1. The van der Waals surface area contributed by atoms with E-state index in [0.29, 0.717) is 30.2 Å². The molecule has 0 aromatic heterocycles. The predicted molar refractivity (Wildman–Crippen MR) is 79.0 cm³/mol. The lowest BCUT2D eigenvalue weighted by atomic mass is 10.0. The molecule has 0 spiro atoms. The molecule has 7 heteroatoms. The van der Waals surface area contributed by atoms with E-state index in [1.807, 2.05) is 0 Å². The average Bonchev–Trinajstić information content (AvgIpc) is 2.93. The Morgan fingerprint density at radius 2 is 2.24 bits per heavy atom. The van der Waals surface area contributed by atoms with Crippen LogP contribution in [-0.2, 0) is 0 Å². The molecule has 1 aliphatic rings. The molecule has 1 aromatic carbocycles. The fourth-order valence-corrected chi connectivity index (χ4v) is 2.19. The number of amides is 2. The van der Waals surface area contributed by atoms with Gasteiger partial charge in [0.1, 0.15) is 11.5 Å². The van der Waals surface area contributed by atoms with Crippen molar-refractivity contribution in [3.05, 3.63) is 18.2 Å². The van der Waals surface area contributed by atoms with Gasteiger partial charge in [0.25, 0.3) is 0 Å². The molecule has 4 N–H and O–H groups in total. The third kappa shape index (κ3) is 3.99. The van der Waals surface area contributed by atoms with Gasteiger partial charge in [-0.15, -0.1) is 0 Å². The van der Waals surface area contributed by atoms with Gasteiger partial charge in [0, 0.05) is 19.2 Å². The van der Waals surface area contributed by atoms with Crippen LogP contribution in [0, 0.1) is 0 Å². The number of hydrogen-bond acceptors (Lipinski definition) is 5. The molecule has 116 valence electrons. The highest BCUT2D eigenvalue weighted by Gasteiger charge is 2.31. The molecule has 0 bridgehead atoms. The lowest BCUT2D eigenvalue weighted by Gasteiger charge is -2.21. The number of urea groups is 1. The summed E-state index contributed by atoms with van der Waals surface area (Å²) in [5.74, 6) is 1.15. The number of anilines is 1. The molecule has 1 heterocycles. The van der Waals surface area contributed by atoms with E-state index >= 15 is 0 Å². The minimum Gasteiger partial charge on any atom is -0.497 e. The second-order valence-corrected chi connectivity index (χ2v) is 5.03. The summed E-state index contributed by atoms with van der Waals surface area (Å²) < 4.78 is 10.3. The maximum Gasteiger partial charge on any atom is 0.319 e. The molecule has 0 radical (unpaired) electrons. The first-order valence-corrected chi connectivity index (χ1v) is 6.76. The lowest BCUT2D eigenvalue weighted by molar-refractivity contribution is 0.0640. The fraction of sp³-hybridized carbons (Fsp3) is 0.500. The number of rotatable bonds is 5. The van der Waals surface area contributed by atoms with E-state index in [1.54, 1.807) is 25.3 Å². The van der Waals surface area contributed by atoms with Gasteiger partial charge in [-0.1, -0.05) is 0 Å². The van der Waals surface area contributed by atoms with Gasteiger partial charge in [-0.25, -0.2) is 4.79 Å². The second kappa shape index (κ2) is 6.64. The Bertz CT molecular complexity index is 501. The Morgan fingerprint density at radius 1 is 1.43 bits per heavy atom. The van der Waals surface area contributed by atoms with Crippen LogP contribution >= 0.6 is 0 Å². The van der Waals surface area contributed by atoms with Crippen molar-refractivity contribution in [1.29, 1.82) is 0 Å². The highest BCUT2D eigenvalue weighted by molar-refractivity contribution is 5.91. The van der Waals surface area contributed by atoms with Crippen molar-refractivity contribution in [2.75, 3.05) is 39.2 Å². The normalized spacial score (nSPS) is 20.9. The summed E-state index contributed by atoms with van der Waals surface area (Å²) >= 11 is 0. The van der Waals surface area contributed by atoms with Gasteiger partial charge < -0.3 is 30.5 Å². The molecule has 0 unspecified atom stereocenters. The molecular formula is C14H21N3O4. The standard InChI is InChI=1S/C14H21N3O4/c1-20-10-3-4-11(12(7-10)21-2)17-13(18)16-9-14(19)5-6-15-8-14/h3-4,7,15,19H,5-6,8-9H2,1-2H3,(H2,16,17,18)/t14-/m0/s1.